The second kappa shape index (κ2) is 2.11. The van der Waals surface area contributed by atoms with Crippen molar-refractivity contribution in [2.75, 3.05) is 0 Å². The molecule has 0 fully saturated rings. The molecule has 1 aromatic rings. The Hall–Kier alpha value is -0.601. The van der Waals surface area contributed by atoms with Crippen LogP contribution in [0, 0.1) is 10.1 Å². The van der Waals surface area contributed by atoms with Gasteiger partial charge in [0.1, 0.15) is 0 Å². The molecule has 0 aliphatic carbocycles. The molecule has 0 amide bonds. The van der Waals surface area contributed by atoms with Gasteiger partial charge in [0.2, 0.25) is 0 Å². The summed E-state index contributed by atoms with van der Waals surface area (Å²) in [5.74, 6) is 0. The van der Waals surface area contributed by atoms with E-state index in [1.165, 1.54) is 0 Å². The first-order chi connectivity index (χ1) is 3.80. The van der Waals surface area contributed by atoms with Gasteiger partial charge in [0, 0.05) is 0 Å². The summed E-state index contributed by atoms with van der Waals surface area (Å²) >= 11 is -0.0104. The Labute approximate surface area is 51.8 Å². The molecule has 4 heteroatoms. The Morgan fingerprint density at radius 2 is 2.50 bits per heavy atom. The molecule has 0 aromatic carbocycles. The molecule has 0 bridgehead atoms. The number of hydrogen-bond acceptors (Lipinski definition) is 2. The summed E-state index contributed by atoms with van der Waals surface area (Å²) in [5, 5.41) is 9.91. The van der Waals surface area contributed by atoms with Crippen molar-refractivity contribution in [3.8, 4) is 0 Å². The van der Waals surface area contributed by atoms with E-state index in [2.05, 4.69) is 0 Å². The first-order valence-electron chi connectivity index (χ1n) is 1.98. The Morgan fingerprint density at radius 3 is 2.75 bits per heavy atom. The molecular formula is C4H3NO2Se. The SMILES string of the molecule is O=[N+]([O-])c1ccc[se]1. The minimum atomic E-state index is -0.333. The van der Waals surface area contributed by atoms with Crippen molar-refractivity contribution in [1.82, 2.24) is 0 Å². The summed E-state index contributed by atoms with van der Waals surface area (Å²) in [5.41, 5.74) is 0. The van der Waals surface area contributed by atoms with Crippen LogP contribution in [0.3, 0.4) is 0 Å². The topological polar surface area (TPSA) is 43.1 Å². The predicted molar refractivity (Wildman–Crippen MR) is 30.0 cm³/mol. The van der Waals surface area contributed by atoms with Gasteiger partial charge in [-0.15, -0.1) is 0 Å². The molecule has 0 saturated carbocycles. The molecule has 0 aliphatic heterocycles. The van der Waals surface area contributed by atoms with Crippen molar-refractivity contribution in [1.29, 1.82) is 0 Å². The van der Waals surface area contributed by atoms with Crippen LogP contribution < -0.4 is 0 Å². The Bertz CT molecular complexity index is 182. The van der Waals surface area contributed by atoms with Crippen molar-refractivity contribution in [2.45, 2.75) is 0 Å². The van der Waals surface area contributed by atoms with Crippen LogP contribution in [-0.2, 0) is 0 Å². The van der Waals surface area contributed by atoms with Crippen LogP contribution in [0.5, 0.6) is 0 Å². The molecule has 8 heavy (non-hydrogen) atoms. The summed E-state index contributed by atoms with van der Waals surface area (Å²) in [4.78, 5) is 11.4. The fraction of sp³-hybridized carbons (Fsp3) is 0. The second-order valence-electron chi connectivity index (χ2n) is 1.21. The van der Waals surface area contributed by atoms with E-state index in [-0.39, 0.29) is 19.4 Å². The maximum absolute atomic E-state index is 9.91. The van der Waals surface area contributed by atoms with E-state index in [9.17, 15) is 10.1 Å². The monoisotopic (exact) mass is 177 g/mol. The van der Waals surface area contributed by atoms with Gasteiger partial charge in [-0.2, -0.15) is 0 Å². The molecule has 1 rings (SSSR count). The zero-order valence-electron chi connectivity index (χ0n) is 3.90. The normalized spacial score (nSPS) is 9.00. The minimum absolute atomic E-state index is 0.0104. The molecule has 1 heterocycles. The molecule has 0 atom stereocenters. The van der Waals surface area contributed by atoms with E-state index >= 15 is 0 Å². The van der Waals surface area contributed by atoms with E-state index < -0.39 is 0 Å². The third-order valence-electron chi connectivity index (χ3n) is 0.686. The van der Waals surface area contributed by atoms with Crippen LogP contribution in [0.2, 0.25) is 0 Å². The van der Waals surface area contributed by atoms with Crippen molar-refractivity contribution in [3.63, 3.8) is 0 Å². The van der Waals surface area contributed by atoms with Crippen LogP contribution in [0.15, 0.2) is 17.1 Å². The molecule has 1 aromatic heterocycles. The summed E-state index contributed by atoms with van der Waals surface area (Å²) in [6.45, 7) is 0. The van der Waals surface area contributed by atoms with Gasteiger partial charge in [0.15, 0.2) is 0 Å². The molecule has 0 unspecified atom stereocenters. The van der Waals surface area contributed by atoms with Gasteiger partial charge < -0.3 is 0 Å². The number of nitro groups is 1. The molecule has 42 valence electrons. The third-order valence-corrected chi connectivity index (χ3v) is 2.41. The summed E-state index contributed by atoms with van der Waals surface area (Å²) in [6, 6.07) is 3.26. The van der Waals surface area contributed by atoms with E-state index in [0.29, 0.717) is 4.56 Å². The second-order valence-corrected chi connectivity index (χ2v) is 3.15. The summed E-state index contributed by atoms with van der Waals surface area (Å²) in [6.07, 6.45) is 0. The van der Waals surface area contributed by atoms with Crippen LogP contribution in [0.1, 0.15) is 0 Å². The number of rotatable bonds is 1. The van der Waals surface area contributed by atoms with Gasteiger partial charge in [0.25, 0.3) is 0 Å². The van der Waals surface area contributed by atoms with Crippen molar-refractivity contribution < 1.29 is 4.92 Å². The quantitative estimate of drug-likeness (QED) is 0.358. The summed E-state index contributed by atoms with van der Waals surface area (Å²) < 4.78 is 0.345. The average molecular weight is 176 g/mol. The fourth-order valence-corrected chi connectivity index (χ4v) is 1.51. The van der Waals surface area contributed by atoms with Crippen LogP contribution in [0.4, 0.5) is 4.56 Å². The molecule has 0 saturated heterocycles. The maximum atomic E-state index is 9.91. The standard InChI is InChI=1S/C4H3NO2Se/c6-5(7)4-2-1-3-8-4/h1-3H. The van der Waals surface area contributed by atoms with Gasteiger partial charge in [-0.1, -0.05) is 0 Å². The van der Waals surface area contributed by atoms with Gasteiger partial charge >= 0.3 is 51.2 Å². The van der Waals surface area contributed by atoms with Crippen molar-refractivity contribution in [3.05, 3.63) is 27.2 Å². The van der Waals surface area contributed by atoms with E-state index in [1.54, 1.807) is 12.1 Å². The fourth-order valence-electron chi connectivity index (χ4n) is 0.374. The van der Waals surface area contributed by atoms with Gasteiger partial charge in [0.05, 0.1) is 0 Å². The molecule has 0 spiro atoms. The van der Waals surface area contributed by atoms with Crippen molar-refractivity contribution in [2.24, 2.45) is 0 Å². The number of nitrogens with zero attached hydrogens (tertiary/aromatic N) is 1. The molecule has 0 aliphatic rings. The molecular weight excluding hydrogens is 173 g/mol. The Balaban J connectivity index is 2.93. The zero-order valence-corrected chi connectivity index (χ0v) is 5.62. The Morgan fingerprint density at radius 1 is 1.75 bits per heavy atom. The summed E-state index contributed by atoms with van der Waals surface area (Å²) in [7, 11) is 0. The zero-order chi connectivity index (χ0) is 5.98. The van der Waals surface area contributed by atoms with E-state index in [0.717, 1.165) is 0 Å². The van der Waals surface area contributed by atoms with Crippen molar-refractivity contribution >= 4 is 19.1 Å². The van der Waals surface area contributed by atoms with E-state index in [1.807, 2.05) is 4.94 Å². The number of hydrogen-bond donors (Lipinski definition) is 0. The third kappa shape index (κ3) is 0.966. The van der Waals surface area contributed by atoms with Gasteiger partial charge in [-0.05, 0) is 0 Å². The van der Waals surface area contributed by atoms with Crippen LogP contribution >= 0.6 is 0 Å². The first-order valence-corrected chi connectivity index (χ1v) is 3.83. The molecule has 3 nitrogen and oxygen atoms in total. The molecule has 0 N–H and O–H groups in total. The Kier molecular flexibility index (Phi) is 1.46. The van der Waals surface area contributed by atoms with Gasteiger partial charge in [-0.3, -0.25) is 0 Å². The van der Waals surface area contributed by atoms with E-state index in [4.69, 9.17) is 0 Å². The van der Waals surface area contributed by atoms with Gasteiger partial charge in [-0.25, -0.2) is 0 Å². The molecule has 0 radical (unpaired) electrons. The van der Waals surface area contributed by atoms with Crippen LogP contribution in [0.25, 0.3) is 0 Å². The predicted octanol–water partition coefficient (Wildman–Crippen LogP) is 0.652. The average Bonchev–Trinajstić information content (AvgIpc) is 2.12. The first kappa shape index (κ1) is 5.53. The van der Waals surface area contributed by atoms with Crippen LogP contribution in [-0.4, -0.2) is 19.4 Å².